The van der Waals surface area contributed by atoms with Crippen molar-refractivity contribution in [3.63, 3.8) is 0 Å². The van der Waals surface area contributed by atoms with E-state index in [4.69, 9.17) is 4.74 Å². The molecule has 0 atom stereocenters. The number of benzene rings is 1. The summed E-state index contributed by atoms with van der Waals surface area (Å²) in [6, 6.07) is 7.14. The summed E-state index contributed by atoms with van der Waals surface area (Å²) in [4.78, 5) is 7.51. The zero-order valence-corrected chi connectivity index (χ0v) is 14.5. The summed E-state index contributed by atoms with van der Waals surface area (Å²) < 4.78 is 5.54. The molecule has 0 spiro atoms. The highest BCUT2D eigenvalue weighted by Crippen LogP contribution is 2.31. The summed E-state index contributed by atoms with van der Waals surface area (Å²) in [5, 5.41) is 6.91. The standard InChI is InChI=1S/C18H29N5O/c1-5-21(6-2-19-1)16-13-17(22-7-3-20-4-8-22)15-18(14-16)23-9-11-24-12-10-23/h13-15,19-20H,1-12H2. The first kappa shape index (κ1) is 16.0. The van der Waals surface area contributed by atoms with Crippen molar-refractivity contribution in [3.05, 3.63) is 18.2 Å². The van der Waals surface area contributed by atoms with E-state index in [9.17, 15) is 0 Å². The van der Waals surface area contributed by atoms with Gasteiger partial charge in [-0.1, -0.05) is 0 Å². The number of morpholine rings is 1. The minimum Gasteiger partial charge on any atom is -0.378 e. The van der Waals surface area contributed by atoms with E-state index < -0.39 is 0 Å². The molecule has 3 fully saturated rings. The van der Waals surface area contributed by atoms with Crippen molar-refractivity contribution in [1.29, 1.82) is 0 Å². The van der Waals surface area contributed by atoms with Crippen LogP contribution in [-0.2, 0) is 4.74 Å². The van der Waals surface area contributed by atoms with Crippen LogP contribution in [0.4, 0.5) is 17.1 Å². The number of hydrogen-bond donors (Lipinski definition) is 2. The van der Waals surface area contributed by atoms with Gasteiger partial charge in [0.05, 0.1) is 13.2 Å². The van der Waals surface area contributed by atoms with Crippen molar-refractivity contribution >= 4 is 17.1 Å². The molecule has 0 aromatic heterocycles. The van der Waals surface area contributed by atoms with Crippen LogP contribution < -0.4 is 25.3 Å². The summed E-state index contributed by atoms with van der Waals surface area (Å²) in [5.41, 5.74) is 4.09. The molecule has 0 unspecified atom stereocenters. The van der Waals surface area contributed by atoms with Crippen LogP contribution in [0.3, 0.4) is 0 Å². The van der Waals surface area contributed by atoms with Crippen LogP contribution in [0, 0.1) is 0 Å². The second-order valence-corrected chi connectivity index (χ2v) is 6.78. The van der Waals surface area contributed by atoms with Crippen LogP contribution in [0.5, 0.6) is 0 Å². The Morgan fingerprint density at radius 1 is 0.583 bits per heavy atom. The summed E-state index contributed by atoms with van der Waals surface area (Å²) in [7, 11) is 0. The Balaban J connectivity index is 1.63. The molecular formula is C18H29N5O. The van der Waals surface area contributed by atoms with Crippen LogP contribution in [0.15, 0.2) is 18.2 Å². The Morgan fingerprint density at radius 3 is 1.38 bits per heavy atom. The predicted octanol–water partition coefficient (Wildman–Crippen LogP) is 0.342. The first-order chi connectivity index (χ1) is 11.9. The van der Waals surface area contributed by atoms with Gasteiger partial charge in [0.1, 0.15) is 0 Å². The maximum atomic E-state index is 5.54. The van der Waals surface area contributed by atoms with Crippen molar-refractivity contribution in [3.8, 4) is 0 Å². The lowest BCUT2D eigenvalue weighted by atomic mass is 10.1. The number of rotatable bonds is 3. The van der Waals surface area contributed by atoms with E-state index in [-0.39, 0.29) is 0 Å². The van der Waals surface area contributed by atoms with Crippen LogP contribution in [0.25, 0.3) is 0 Å². The van der Waals surface area contributed by atoms with Gasteiger partial charge in [-0.2, -0.15) is 0 Å². The maximum Gasteiger partial charge on any atom is 0.0642 e. The van der Waals surface area contributed by atoms with E-state index >= 15 is 0 Å². The SMILES string of the molecule is c1c(N2CCNCC2)cc(N2CCOCC2)cc1N1CCNCC1. The van der Waals surface area contributed by atoms with Gasteiger partial charge in [-0.25, -0.2) is 0 Å². The number of piperazine rings is 2. The van der Waals surface area contributed by atoms with Crippen LogP contribution in [-0.4, -0.2) is 78.7 Å². The molecule has 24 heavy (non-hydrogen) atoms. The Bertz CT molecular complexity index is 446. The van der Waals surface area contributed by atoms with Crippen LogP contribution in [0.1, 0.15) is 0 Å². The van der Waals surface area contributed by atoms with Gasteiger partial charge >= 0.3 is 0 Å². The van der Waals surface area contributed by atoms with Crippen molar-refractivity contribution in [2.45, 2.75) is 0 Å². The maximum absolute atomic E-state index is 5.54. The average Bonchev–Trinajstić information content (AvgIpc) is 2.70. The molecule has 3 aliphatic heterocycles. The number of nitrogens with zero attached hydrogens (tertiary/aromatic N) is 3. The fraction of sp³-hybridized carbons (Fsp3) is 0.667. The van der Waals surface area contributed by atoms with E-state index in [0.717, 1.165) is 78.7 Å². The predicted molar refractivity (Wildman–Crippen MR) is 99.6 cm³/mol. The molecule has 4 rings (SSSR count). The van der Waals surface area contributed by atoms with Crippen molar-refractivity contribution in [1.82, 2.24) is 10.6 Å². The lowest BCUT2D eigenvalue weighted by Gasteiger charge is -2.36. The van der Waals surface area contributed by atoms with Gasteiger partial charge in [-0.3, -0.25) is 0 Å². The fourth-order valence-corrected chi connectivity index (χ4v) is 3.79. The summed E-state index contributed by atoms with van der Waals surface area (Å²) in [6.07, 6.45) is 0. The minimum absolute atomic E-state index is 0.834. The highest BCUT2D eigenvalue weighted by Gasteiger charge is 2.19. The fourth-order valence-electron chi connectivity index (χ4n) is 3.79. The molecule has 3 saturated heterocycles. The summed E-state index contributed by atoms with van der Waals surface area (Å²) in [5.74, 6) is 0. The van der Waals surface area contributed by atoms with Crippen molar-refractivity contribution in [2.24, 2.45) is 0 Å². The molecule has 0 saturated carbocycles. The average molecular weight is 331 g/mol. The van der Waals surface area contributed by atoms with Gasteiger partial charge in [0.15, 0.2) is 0 Å². The number of anilines is 3. The molecule has 6 heteroatoms. The van der Waals surface area contributed by atoms with Crippen LogP contribution in [0.2, 0.25) is 0 Å². The molecule has 6 nitrogen and oxygen atoms in total. The van der Waals surface area contributed by atoms with Gasteiger partial charge in [0.2, 0.25) is 0 Å². The Kier molecular flexibility index (Phi) is 5.06. The summed E-state index contributed by atoms with van der Waals surface area (Å²) in [6.45, 7) is 12.3. The number of ether oxygens (including phenoxy) is 1. The second-order valence-electron chi connectivity index (χ2n) is 6.78. The molecule has 0 bridgehead atoms. The molecule has 1 aromatic rings. The molecule has 3 aliphatic rings. The third-order valence-electron chi connectivity index (χ3n) is 5.23. The lowest BCUT2D eigenvalue weighted by Crippen LogP contribution is -2.45. The number of nitrogens with one attached hydrogen (secondary N) is 2. The molecular weight excluding hydrogens is 302 g/mol. The van der Waals surface area contributed by atoms with E-state index in [1.54, 1.807) is 0 Å². The van der Waals surface area contributed by atoms with E-state index in [1.807, 2.05) is 0 Å². The topological polar surface area (TPSA) is 43.0 Å². The monoisotopic (exact) mass is 331 g/mol. The van der Waals surface area contributed by atoms with Crippen LogP contribution >= 0.6 is 0 Å². The zero-order valence-electron chi connectivity index (χ0n) is 14.5. The van der Waals surface area contributed by atoms with Crippen molar-refractivity contribution in [2.75, 3.05) is 93.4 Å². The first-order valence-electron chi connectivity index (χ1n) is 9.29. The Morgan fingerprint density at radius 2 is 0.958 bits per heavy atom. The largest absolute Gasteiger partial charge is 0.378 e. The second kappa shape index (κ2) is 7.59. The first-order valence-corrected chi connectivity index (χ1v) is 9.29. The lowest BCUT2D eigenvalue weighted by molar-refractivity contribution is 0.122. The smallest absolute Gasteiger partial charge is 0.0642 e. The minimum atomic E-state index is 0.834. The normalized spacial score (nSPS) is 22.8. The third-order valence-corrected chi connectivity index (χ3v) is 5.23. The van der Waals surface area contributed by atoms with Gasteiger partial charge in [0.25, 0.3) is 0 Å². The third kappa shape index (κ3) is 3.61. The molecule has 3 heterocycles. The van der Waals surface area contributed by atoms with Gasteiger partial charge in [-0.05, 0) is 18.2 Å². The van der Waals surface area contributed by atoms with E-state index in [0.29, 0.717) is 0 Å². The highest BCUT2D eigenvalue weighted by molar-refractivity contribution is 5.70. The van der Waals surface area contributed by atoms with Gasteiger partial charge in [-0.15, -0.1) is 0 Å². The molecule has 0 radical (unpaired) electrons. The molecule has 0 aliphatic carbocycles. The van der Waals surface area contributed by atoms with E-state index in [2.05, 4.69) is 43.5 Å². The van der Waals surface area contributed by atoms with Crippen molar-refractivity contribution < 1.29 is 4.74 Å². The van der Waals surface area contributed by atoms with Gasteiger partial charge in [0, 0.05) is 82.5 Å². The number of hydrogen-bond acceptors (Lipinski definition) is 6. The molecule has 0 amide bonds. The van der Waals surface area contributed by atoms with E-state index in [1.165, 1.54) is 17.1 Å². The quantitative estimate of drug-likeness (QED) is 0.833. The molecule has 132 valence electrons. The summed E-state index contributed by atoms with van der Waals surface area (Å²) >= 11 is 0. The Labute approximate surface area is 144 Å². The zero-order chi connectivity index (χ0) is 16.2. The Hall–Kier alpha value is -1.50. The molecule has 1 aromatic carbocycles. The highest BCUT2D eigenvalue weighted by atomic mass is 16.5. The van der Waals surface area contributed by atoms with Gasteiger partial charge < -0.3 is 30.1 Å². The molecule has 2 N–H and O–H groups in total.